The zero-order valence-electron chi connectivity index (χ0n) is 18.4. The Morgan fingerprint density at radius 3 is 2.55 bits per heavy atom. The van der Waals surface area contributed by atoms with E-state index in [0.29, 0.717) is 28.5 Å². The number of hydrogen-bond donors (Lipinski definition) is 2. The second-order valence-electron chi connectivity index (χ2n) is 9.03. The summed E-state index contributed by atoms with van der Waals surface area (Å²) in [6.45, 7) is 0. The highest BCUT2D eigenvalue weighted by Gasteiger charge is 2.24. The summed E-state index contributed by atoms with van der Waals surface area (Å²) in [5, 5.41) is 8.93. The fourth-order valence-corrected chi connectivity index (χ4v) is 4.84. The van der Waals surface area contributed by atoms with E-state index in [1.165, 1.54) is 6.07 Å². The van der Waals surface area contributed by atoms with Crippen LogP contribution in [0, 0.1) is 11.7 Å². The van der Waals surface area contributed by atoms with Gasteiger partial charge in [-0.15, -0.1) is 0 Å². The first-order chi connectivity index (χ1) is 16.0. The van der Waals surface area contributed by atoms with Crippen LogP contribution in [-0.2, 0) is 17.6 Å². The number of aromatic amines is 1. The summed E-state index contributed by atoms with van der Waals surface area (Å²) in [6, 6.07) is 5.37. The van der Waals surface area contributed by atoms with E-state index in [9.17, 15) is 9.18 Å². The van der Waals surface area contributed by atoms with Gasteiger partial charge >= 0.3 is 12.0 Å². The third kappa shape index (κ3) is 4.89. The van der Waals surface area contributed by atoms with Crippen LogP contribution in [0.25, 0.3) is 22.5 Å². The second-order valence-corrected chi connectivity index (χ2v) is 9.03. The largest absolute Gasteiger partial charge is 0.481 e. The summed E-state index contributed by atoms with van der Waals surface area (Å²) < 4.78 is 20.8. The maximum Gasteiger partial charge on any atom is 0.316 e. The molecular formula is C25H27FN4O3. The van der Waals surface area contributed by atoms with E-state index in [4.69, 9.17) is 9.84 Å². The van der Waals surface area contributed by atoms with Crippen LogP contribution in [-0.4, -0.2) is 37.1 Å². The van der Waals surface area contributed by atoms with E-state index < -0.39 is 5.97 Å². The van der Waals surface area contributed by atoms with Crippen molar-refractivity contribution in [1.82, 2.24) is 19.9 Å². The second kappa shape index (κ2) is 9.29. The fourth-order valence-electron chi connectivity index (χ4n) is 4.84. The average molecular weight is 451 g/mol. The molecule has 2 N–H and O–H groups in total. The molecule has 5 rings (SSSR count). The summed E-state index contributed by atoms with van der Waals surface area (Å²) in [5.41, 5.74) is 4.04. The standard InChI is InChI=1S/C25H27FN4O3/c26-20-12-16(7-10-19(20)24-29-21-3-1-2-4-22(21)30-24)17-13-27-25(28-14-17)33-18-8-5-15(6-9-18)11-23(31)32/h7,10,12-15,18H,1-6,8-9,11H2,(H,29,30)(H,31,32). The number of aryl methyl sites for hydroxylation is 2. The van der Waals surface area contributed by atoms with Gasteiger partial charge in [-0.25, -0.2) is 19.3 Å². The number of benzene rings is 1. The molecule has 0 bridgehead atoms. The Kier molecular flexibility index (Phi) is 6.07. The highest BCUT2D eigenvalue weighted by molar-refractivity contribution is 5.68. The molecule has 2 aliphatic carbocycles. The third-order valence-corrected chi connectivity index (χ3v) is 6.67. The fraction of sp³-hybridized carbons (Fsp3) is 0.440. The molecule has 0 aliphatic heterocycles. The number of nitrogens with one attached hydrogen (secondary N) is 1. The van der Waals surface area contributed by atoms with Crippen molar-refractivity contribution in [1.29, 1.82) is 0 Å². The number of fused-ring (bicyclic) bond motifs is 1. The van der Waals surface area contributed by atoms with E-state index in [0.717, 1.165) is 62.8 Å². The molecule has 0 atom stereocenters. The van der Waals surface area contributed by atoms with Gasteiger partial charge in [0, 0.05) is 30.1 Å². The molecule has 1 fully saturated rings. The first kappa shape index (κ1) is 21.6. The predicted octanol–water partition coefficient (Wildman–Crippen LogP) is 4.96. The maximum atomic E-state index is 14.9. The lowest BCUT2D eigenvalue weighted by Gasteiger charge is -2.27. The van der Waals surface area contributed by atoms with Gasteiger partial charge < -0.3 is 14.8 Å². The monoisotopic (exact) mass is 450 g/mol. The lowest BCUT2D eigenvalue weighted by molar-refractivity contribution is -0.138. The van der Waals surface area contributed by atoms with Crippen LogP contribution in [0.15, 0.2) is 30.6 Å². The van der Waals surface area contributed by atoms with Gasteiger partial charge in [-0.3, -0.25) is 4.79 Å². The van der Waals surface area contributed by atoms with Crippen LogP contribution >= 0.6 is 0 Å². The van der Waals surface area contributed by atoms with Crippen molar-refractivity contribution in [2.45, 2.75) is 63.9 Å². The van der Waals surface area contributed by atoms with Gasteiger partial charge in [0.2, 0.25) is 0 Å². The van der Waals surface area contributed by atoms with E-state index in [1.807, 2.05) is 6.07 Å². The predicted molar refractivity (Wildman–Crippen MR) is 120 cm³/mol. The van der Waals surface area contributed by atoms with Gasteiger partial charge in [0.05, 0.1) is 11.3 Å². The Bertz CT molecular complexity index is 1110. The number of imidazole rings is 1. The molecule has 3 aromatic rings. The zero-order chi connectivity index (χ0) is 22.8. The third-order valence-electron chi connectivity index (χ3n) is 6.67. The summed E-state index contributed by atoms with van der Waals surface area (Å²) >= 11 is 0. The lowest BCUT2D eigenvalue weighted by Crippen LogP contribution is -2.25. The van der Waals surface area contributed by atoms with Crippen LogP contribution in [0.5, 0.6) is 6.01 Å². The molecule has 33 heavy (non-hydrogen) atoms. The van der Waals surface area contributed by atoms with Crippen LogP contribution in [0.1, 0.15) is 56.3 Å². The topological polar surface area (TPSA) is 101 Å². The van der Waals surface area contributed by atoms with Gasteiger partial charge in [-0.2, -0.15) is 0 Å². The molecule has 0 spiro atoms. The molecule has 1 aromatic carbocycles. The van der Waals surface area contributed by atoms with Crippen LogP contribution in [0.4, 0.5) is 4.39 Å². The Labute approximate surface area is 191 Å². The first-order valence-electron chi connectivity index (χ1n) is 11.6. The van der Waals surface area contributed by atoms with Crippen LogP contribution < -0.4 is 4.74 Å². The number of nitrogens with zero attached hydrogens (tertiary/aromatic N) is 3. The van der Waals surface area contributed by atoms with Crippen LogP contribution in [0.2, 0.25) is 0 Å². The van der Waals surface area contributed by atoms with Crippen LogP contribution in [0.3, 0.4) is 0 Å². The number of hydrogen-bond acceptors (Lipinski definition) is 5. The van der Waals surface area contributed by atoms with Gasteiger partial charge in [0.25, 0.3) is 0 Å². The Balaban J connectivity index is 1.23. The van der Waals surface area contributed by atoms with Crippen molar-refractivity contribution in [2.75, 3.05) is 0 Å². The molecule has 2 aromatic heterocycles. The first-order valence-corrected chi connectivity index (χ1v) is 11.6. The molecule has 7 nitrogen and oxygen atoms in total. The number of ether oxygens (including phenoxy) is 1. The molecular weight excluding hydrogens is 423 g/mol. The average Bonchev–Trinajstić information content (AvgIpc) is 3.24. The van der Waals surface area contributed by atoms with Gasteiger partial charge in [-0.05, 0) is 75.0 Å². The molecule has 1 saturated carbocycles. The van der Waals surface area contributed by atoms with E-state index in [1.54, 1.807) is 18.5 Å². The minimum atomic E-state index is -0.744. The molecule has 172 valence electrons. The normalized spacial score (nSPS) is 20.3. The Hall–Kier alpha value is -3.29. The van der Waals surface area contributed by atoms with Crippen molar-refractivity contribution in [3.05, 3.63) is 47.8 Å². The molecule has 0 unspecified atom stereocenters. The summed E-state index contributed by atoms with van der Waals surface area (Å²) in [4.78, 5) is 27.4. The smallest absolute Gasteiger partial charge is 0.316 e. The van der Waals surface area contributed by atoms with Crippen molar-refractivity contribution < 1.29 is 19.0 Å². The molecule has 0 saturated heterocycles. The summed E-state index contributed by atoms with van der Waals surface area (Å²) in [6.07, 6.45) is 10.9. The minimum absolute atomic E-state index is 0.00302. The Morgan fingerprint density at radius 2 is 1.85 bits per heavy atom. The molecule has 2 heterocycles. The number of carboxylic acid groups (broad SMARTS) is 1. The van der Waals surface area contributed by atoms with Crippen molar-refractivity contribution >= 4 is 5.97 Å². The Morgan fingerprint density at radius 1 is 1.09 bits per heavy atom. The summed E-state index contributed by atoms with van der Waals surface area (Å²) in [5.74, 6) is -0.276. The van der Waals surface area contributed by atoms with E-state index >= 15 is 0 Å². The zero-order valence-corrected chi connectivity index (χ0v) is 18.4. The molecule has 0 amide bonds. The van der Waals surface area contributed by atoms with Crippen molar-refractivity contribution in [3.8, 4) is 28.5 Å². The minimum Gasteiger partial charge on any atom is -0.481 e. The van der Waals surface area contributed by atoms with E-state index in [2.05, 4.69) is 19.9 Å². The SMILES string of the molecule is O=C(O)CC1CCC(Oc2ncc(-c3ccc(-c4nc5c([nH]4)CCCC5)c(F)c3)cn2)CC1. The number of aromatic nitrogens is 4. The summed E-state index contributed by atoms with van der Waals surface area (Å²) in [7, 11) is 0. The number of carbonyl (C=O) groups is 1. The number of rotatable bonds is 6. The van der Waals surface area contributed by atoms with Crippen molar-refractivity contribution in [2.24, 2.45) is 5.92 Å². The van der Waals surface area contributed by atoms with E-state index in [-0.39, 0.29) is 24.3 Å². The molecule has 2 aliphatic rings. The van der Waals surface area contributed by atoms with Crippen molar-refractivity contribution in [3.63, 3.8) is 0 Å². The maximum absolute atomic E-state index is 14.9. The lowest BCUT2D eigenvalue weighted by atomic mass is 9.85. The number of carboxylic acids is 1. The number of aliphatic carboxylic acids is 1. The number of H-pyrrole nitrogens is 1. The highest BCUT2D eigenvalue weighted by Crippen LogP contribution is 2.31. The molecule has 0 radical (unpaired) electrons. The highest BCUT2D eigenvalue weighted by atomic mass is 19.1. The van der Waals surface area contributed by atoms with Gasteiger partial charge in [0.15, 0.2) is 0 Å². The van der Waals surface area contributed by atoms with Gasteiger partial charge in [-0.1, -0.05) is 6.07 Å². The quantitative estimate of drug-likeness (QED) is 0.550. The molecule has 8 heteroatoms. The number of halogens is 1. The van der Waals surface area contributed by atoms with Gasteiger partial charge in [0.1, 0.15) is 17.7 Å².